The van der Waals surface area contributed by atoms with Gasteiger partial charge in [-0.25, -0.2) is 0 Å². The highest BCUT2D eigenvalue weighted by Gasteiger charge is 2.17. The molecule has 0 amide bonds. The van der Waals surface area contributed by atoms with Crippen molar-refractivity contribution in [3.8, 4) is 0 Å². The molecular weight excluding hydrogens is 322 g/mol. The van der Waals surface area contributed by atoms with Crippen LogP contribution in [0.25, 0.3) is 0 Å². The van der Waals surface area contributed by atoms with E-state index in [4.69, 9.17) is 17.3 Å². The first-order valence-corrected chi connectivity index (χ1v) is 7.35. The molecule has 1 atom stereocenters. The second kappa shape index (κ2) is 5.66. The predicted molar refractivity (Wildman–Crippen MR) is 85.8 cm³/mol. The van der Waals surface area contributed by atoms with E-state index in [1.165, 1.54) is 16.7 Å². The molecule has 0 aliphatic carbocycles. The summed E-state index contributed by atoms with van der Waals surface area (Å²) in [5.41, 5.74) is 12.2. The van der Waals surface area contributed by atoms with Gasteiger partial charge >= 0.3 is 0 Å². The van der Waals surface area contributed by atoms with Crippen LogP contribution in [0.5, 0.6) is 0 Å². The van der Waals surface area contributed by atoms with Crippen molar-refractivity contribution in [2.45, 2.75) is 26.8 Å². The monoisotopic (exact) mass is 337 g/mol. The van der Waals surface area contributed by atoms with Gasteiger partial charge in [-0.15, -0.1) is 0 Å². The summed E-state index contributed by atoms with van der Waals surface area (Å²) in [4.78, 5) is 0. The number of nitrogens with two attached hydrogens (primary N) is 1. The Morgan fingerprint density at radius 2 is 1.63 bits per heavy atom. The standard InChI is InChI=1S/C16H17BrClN/c1-9-6-10(2)15(11(3)7-9)16(19)13-8-12(17)4-5-14(13)18/h4-8,16H,19H2,1-3H3. The highest BCUT2D eigenvalue weighted by Crippen LogP contribution is 2.32. The van der Waals surface area contributed by atoms with Gasteiger partial charge in [0.05, 0.1) is 6.04 Å². The molecule has 19 heavy (non-hydrogen) atoms. The highest BCUT2D eigenvalue weighted by atomic mass is 79.9. The fourth-order valence-corrected chi connectivity index (χ4v) is 3.20. The molecule has 2 aromatic carbocycles. The summed E-state index contributed by atoms with van der Waals surface area (Å²) < 4.78 is 0.991. The van der Waals surface area contributed by atoms with Crippen LogP contribution in [0.3, 0.4) is 0 Å². The smallest absolute Gasteiger partial charge is 0.0572 e. The van der Waals surface area contributed by atoms with Crippen LogP contribution in [0.15, 0.2) is 34.8 Å². The lowest BCUT2D eigenvalue weighted by Gasteiger charge is -2.20. The Bertz CT molecular complexity index is 599. The third-order valence-corrected chi connectivity index (χ3v) is 4.18. The van der Waals surface area contributed by atoms with E-state index in [0.29, 0.717) is 5.02 Å². The van der Waals surface area contributed by atoms with Gasteiger partial charge in [-0.05, 0) is 61.2 Å². The van der Waals surface area contributed by atoms with Crippen molar-refractivity contribution >= 4 is 27.5 Å². The maximum Gasteiger partial charge on any atom is 0.0572 e. The number of halogens is 2. The van der Waals surface area contributed by atoms with E-state index < -0.39 is 0 Å². The largest absolute Gasteiger partial charge is 0.320 e. The third kappa shape index (κ3) is 3.02. The van der Waals surface area contributed by atoms with Crippen molar-refractivity contribution in [1.82, 2.24) is 0 Å². The first kappa shape index (κ1) is 14.6. The normalized spacial score (nSPS) is 12.5. The summed E-state index contributed by atoms with van der Waals surface area (Å²) in [6.07, 6.45) is 0. The summed E-state index contributed by atoms with van der Waals surface area (Å²) >= 11 is 9.75. The van der Waals surface area contributed by atoms with E-state index in [0.717, 1.165) is 15.6 Å². The number of hydrogen-bond donors (Lipinski definition) is 1. The van der Waals surface area contributed by atoms with Gasteiger partial charge in [-0.2, -0.15) is 0 Å². The Hall–Kier alpha value is -0.830. The molecule has 0 saturated heterocycles. The van der Waals surface area contributed by atoms with Gasteiger partial charge < -0.3 is 5.73 Å². The van der Waals surface area contributed by atoms with Gasteiger partial charge in [-0.3, -0.25) is 0 Å². The Kier molecular flexibility index (Phi) is 4.34. The molecule has 0 aliphatic heterocycles. The van der Waals surface area contributed by atoms with Gasteiger partial charge in [0, 0.05) is 9.50 Å². The van der Waals surface area contributed by atoms with Crippen molar-refractivity contribution in [3.63, 3.8) is 0 Å². The zero-order valence-electron chi connectivity index (χ0n) is 11.3. The molecule has 0 fully saturated rings. The maximum atomic E-state index is 6.43. The van der Waals surface area contributed by atoms with Gasteiger partial charge in [0.15, 0.2) is 0 Å². The lowest BCUT2D eigenvalue weighted by Crippen LogP contribution is -2.15. The lowest BCUT2D eigenvalue weighted by atomic mass is 9.90. The molecule has 1 unspecified atom stereocenters. The molecule has 0 heterocycles. The van der Waals surface area contributed by atoms with Crippen LogP contribution in [-0.4, -0.2) is 0 Å². The van der Waals surface area contributed by atoms with Crippen molar-refractivity contribution in [3.05, 3.63) is 67.6 Å². The van der Waals surface area contributed by atoms with E-state index >= 15 is 0 Å². The Morgan fingerprint density at radius 3 is 2.21 bits per heavy atom. The number of rotatable bonds is 2. The van der Waals surface area contributed by atoms with E-state index in [1.807, 2.05) is 18.2 Å². The molecule has 0 bridgehead atoms. The Balaban J connectivity index is 2.56. The van der Waals surface area contributed by atoms with Crippen LogP contribution in [0.4, 0.5) is 0 Å². The second-order valence-electron chi connectivity index (χ2n) is 4.96. The predicted octanol–water partition coefficient (Wildman–Crippen LogP) is 5.08. The maximum absolute atomic E-state index is 6.43. The molecule has 0 radical (unpaired) electrons. The minimum absolute atomic E-state index is 0.203. The van der Waals surface area contributed by atoms with Crippen LogP contribution >= 0.6 is 27.5 Å². The summed E-state index contributed by atoms with van der Waals surface area (Å²) in [7, 11) is 0. The van der Waals surface area contributed by atoms with E-state index in [-0.39, 0.29) is 6.04 Å². The molecule has 3 heteroatoms. The summed E-state index contributed by atoms with van der Waals surface area (Å²) in [6.45, 7) is 6.30. The number of benzene rings is 2. The van der Waals surface area contributed by atoms with Crippen molar-refractivity contribution < 1.29 is 0 Å². The molecule has 2 rings (SSSR count). The molecule has 0 saturated carbocycles. The first-order valence-electron chi connectivity index (χ1n) is 6.18. The minimum atomic E-state index is -0.203. The zero-order valence-corrected chi connectivity index (χ0v) is 13.6. The molecule has 100 valence electrons. The van der Waals surface area contributed by atoms with Crippen molar-refractivity contribution in [2.75, 3.05) is 0 Å². The molecule has 0 aromatic heterocycles. The summed E-state index contributed by atoms with van der Waals surface area (Å²) in [5, 5.41) is 0.704. The van der Waals surface area contributed by atoms with E-state index in [1.54, 1.807) is 0 Å². The van der Waals surface area contributed by atoms with Gasteiger partial charge in [0.25, 0.3) is 0 Å². The van der Waals surface area contributed by atoms with E-state index in [9.17, 15) is 0 Å². The molecule has 0 spiro atoms. The van der Waals surface area contributed by atoms with Crippen LogP contribution < -0.4 is 5.73 Å². The van der Waals surface area contributed by atoms with Gasteiger partial charge in [-0.1, -0.05) is 45.2 Å². The SMILES string of the molecule is Cc1cc(C)c(C(N)c2cc(Br)ccc2Cl)c(C)c1. The van der Waals surface area contributed by atoms with E-state index in [2.05, 4.69) is 48.8 Å². The summed E-state index contributed by atoms with van der Waals surface area (Å²) in [5.74, 6) is 0. The average Bonchev–Trinajstić information content (AvgIpc) is 2.30. The molecule has 0 aliphatic rings. The average molecular weight is 339 g/mol. The molecule has 2 N–H and O–H groups in total. The van der Waals surface area contributed by atoms with Crippen LogP contribution in [0, 0.1) is 20.8 Å². The Labute approximate surface area is 127 Å². The zero-order chi connectivity index (χ0) is 14.2. The number of aryl methyl sites for hydroxylation is 3. The van der Waals surface area contributed by atoms with Crippen LogP contribution in [0.2, 0.25) is 5.02 Å². The number of hydrogen-bond acceptors (Lipinski definition) is 1. The quantitative estimate of drug-likeness (QED) is 0.812. The van der Waals surface area contributed by atoms with Crippen LogP contribution in [0.1, 0.15) is 33.9 Å². The van der Waals surface area contributed by atoms with Gasteiger partial charge in [0.2, 0.25) is 0 Å². The third-order valence-electron chi connectivity index (χ3n) is 3.34. The molecule has 1 nitrogen and oxygen atoms in total. The first-order chi connectivity index (χ1) is 8.90. The van der Waals surface area contributed by atoms with Crippen LogP contribution in [-0.2, 0) is 0 Å². The highest BCUT2D eigenvalue weighted by molar-refractivity contribution is 9.10. The topological polar surface area (TPSA) is 26.0 Å². The van der Waals surface area contributed by atoms with Gasteiger partial charge in [0.1, 0.15) is 0 Å². The molecule has 2 aromatic rings. The lowest BCUT2D eigenvalue weighted by molar-refractivity contribution is 0.850. The minimum Gasteiger partial charge on any atom is -0.320 e. The van der Waals surface area contributed by atoms with Crippen molar-refractivity contribution in [2.24, 2.45) is 5.73 Å². The fraction of sp³-hybridized carbons (Fsp3) is 0.250. The van der Waals surface area contributed by atoms with Crippen molar-refractivity contribution in [1.29, 1.82) is 0 Å². The molecular formula is C16H17BrClN. The second-order valence-corrected chi connectivity index (χ2v) is 6.28. The Morgan fingerprint density at radius 1 is 1.05 bits per heavy atom. The summed E-state index contributed by atoms with van der Waals surface area (Å²) in [6, 6.07) is 9.91. The fourth-order valence-electron chi connectivity index (χ4n) is 2.59.